The SMILES string of the molecule is O=C([O-])c1ccc(C(=O)/C=C/c2ccc(Cl)cc2)s1. The minimum absolute atomic E-state index is 0.0447. The molecule has 0 unspecified atom stereocenters. The van der Waals surface area contributed by atoms with Crippen LogP contribution in [0.5, 0.6) is 0 Å². The summed E-state index contributed by atoms with van der Waals surface area (Å²) in [5.41, 5.74) is 0.842. The van der Waals surface area contributed by atoms with Crippen molar-refractivity contribution in [2.24, 2.45) is 0 Å². The lowest BCUT2D eigenvalue weighted by molar-refractivity contribution is -0.254. The van der Waals surface area contributed by atoms with Crippen LogP contribution < -0.4 is 5.11 Å². The smallest absolute Gasteiger partial charge is 0.195 e. The molecule has 0 atom stereocenters. The monoisotopic (exact) mass is 291 g/mol. The molecule has 0 amide bonds. The van der Waals surface area contributed by atoms with E-state index < -0.39 is 5.97 Å². The van der Waals surface area contributed by atoms with E-state index in [-0.39, 0.29) is 10.7 Å². The Labute approximate surface area is 118 Å². The van der Waals surface area contributed by atoms with Gasteiger partial charge in [0, 0.05) is 5.02 Å². The van der Waals surface area contributed by atoms with Gasteiger partial charge in [-0.1, -0.05) is 29.8 Å². The Morgan fingerprint density at radius 1 is 1.05 bits per heavy atom. The van der Waals surface area contributed by atoms with Crippen LogP contribution in [0.2, 0.25) is 5.02 Å². The number of benzene rings is 1. The number of carboxylic acids is 1. The summed E-state index contributed by atoms with van der Waals surface area (Å²) in [5, 5.41) is 11.2. The van der Waals surface area contributed by atoms with Crippen molar-refractivity contribution in [3.8, 4) is 0 Å². The minimum Gasteiger partial charge on any atom is -0.544 e. The van der Waals surface area contributed by atoms with Crippen LogP contribution in [0.3, 0.4) is 0 Å². The number of hydrogen-bond donors (Lipinski definition) is 0. The van der Waals surface area contributed by atoms with Crippen molar-refractivity contribution in [2.75, 3.05) is 0 Å². The molecule has 1 aromatic heterocycles. The third kappa shape index (κ3) is 3.53. The number of aromatic carboxylic acids is 1. The number of allylic oxidation sites excluding steroid dienone is 1. The summed E-state index contributed by atoms with van der Waals surface area (Å²) in [6.45, 7) is 0. The van der Waals surface area contributed by atoms with E-state index in [0.29, 0.717) is 9.90 Å². The summed E-state index contributed by atoms with van der Waals surface area (Å²) >= 11 is 6.65. The van der Waals surface area contributed by atoms with E-state index in [1.807, 2.05) is 0 Å². The highest BCUT2D eigenvalue weighted by Gasteiger charge is 2.06. The van der Waals surface area contributed by atoms with Gasteiger partial charge in [-0.05, 0) is 35.9 Å². The number of carbonyl (C=O) groups excluding carboxylic acids is 2. The molecule has 2 rings (SSSR count). The predicted molar refractivity (Wildman–Crippen MR) is 73.5 cm³/mol. The number of carbonyl (C=O) groups is 2. The molecule has 2 aromatic rings. The average Bonchev–Trinajstić information content (AvgIpc) is 2.87. The molecule has 0 saturated carbocycles. The molecule has 0 aliphatic carbocycles. The van der Waals surface area contributed by atoms with Gasteiger partial charge in [0.2, 0.25) is 0 Å². The van der Waals surface area contributed by atoms with Crippen molar-refractivity contribution in [3.63, 3.8) is 0 Å². The Hall–Kier alpha value is -1.91. The first kappa shape index (κ1) is 13.5. The topological polar surface area (TPSA) is 57.2 Å². The highest BCUT2D eigenvalue weighted by Crippen LogP contribution is 2.17. The first-order chi connectivity index (χ1) is 9.06. The van der Waals surface area contributed by atoms with Crippen LogP contribution in [0.15, 0.2) is 42.5 Å². The summed E-state index contributed by atoms with van der Waals surface area (Å²) in [6.07, 6.45) is 3.05. The van der Waals surface area contributed by atoms with Crippen LogP contribution in [-0.2, 0) is 0 Å². The fraction of sp³-hybridized carbons (Fsp3) is 0. The number of thiophene rings is 1. The van der Waals surface area contributed by atoms with Crippen LogP contribution in [0.25, 0.3) is 6.08 Å². The second kappa shape index (κ2) is 5.82. The van der Waals surface area contributed by atoms with Crippen molar-refractivity contribution in [1.29, 1.82) is 0 Å². The Morgan fingerprint density at radius 2 is 1.68 bits per heavy atom. The molecule has 0 radical (unpaired) electrons. The lowest BCUT2D eigenvalue weighted by atomic mass is 10.2. The van der Waals surface area contributed by atoms with Gasteiger partial charge in [0.15, 0.2) is 5.78 Å². The molecule has 0 N–H and O–H groups in total. The molecule has 0 bridgehead atoms. The lowest BCUT2D eigenvalue weighted by Crippen LogP contribution is -2.20. The van der Waals surface area contributed by atoms with Gasteiger partial charge in [0.1, 0.15) is 0 Å². The number of rotatable bonds is 4. The fourth-order valence-electron chi connectivity index (χ4n) is 1.41. The maximum absolute atomic E-state index is 11.8. The van der Waals surface area contributed by atoms with Gasteiger partial charge in [-0.3, -0.25) is 4.79 Å². The van der Waals surface area contributed by atoms with Gasteiger partial charge in [0.05, 0.1) is 15.7 Å². The number of halogens is 1. The Balaban J connectivity index is 2.11. The largest absolute Gasteiger partial charge is 0.544 e. The highest BCUT2D eigenvalue weighted by molar-refractivity contribution is 7.16. The van der Waals surface area contributed by atoms with Crippen molar-refractivity contribution in [3.05, 3.63) is 62.8 Å². The van der Waals surface area contributed by atoms with Crippen LogP contribution in [0.4, 0.5) is 0 Å². The van der Waals surface area contributed by atoms with Crippen molar-refractivity contribution in [1.82, 2.24) is 0 Å². The maximum atomic E-state index is 11.8. The minimum atomic E-state index is -1.27. The zero-order chi connectivity index (χ0) is 13.8. The molecule has 0 aliphatic heterocycles. The van der Waals surface area contributed by atoms with Crippen LogP contribution in [0.1, 0.15) is 24.9 Å². The predicted octanol–water partition coefficient (Wildman–Crippen LogP) is 2.66. The highest BCUT2D eigenvalue weighted by atomic mass is 35.5. The molecule has 1 heterocycles. The zero-order valence-corrected chi connectivity index (χ0v) is 11.2. The van der Waals surface area contributed by atoms with Crippen molar-refractivity contribution >= 4 is 40.8 Å². The summed E-state index contributed by atoms with van der Waals surface area (Å²) < 4.78 is 0. The Morgan fingerprint density at radius 3 is 2.26 bits per heavy atom. The normalized spacial score (nSPS) is 10.8. The second-order valence-corrected chi connectivity index (χ2v) is 5.22. The average molecular weight is 292 g/mol. The van der Waals surface area contributed by atoms with Gasteiger partial charge < -0.3 is 9.90 Å². The molecule has 1 aromatic carbocycles. The summed E-state index contributed by atoms with van der Waals surface area (Å²) in [7, 11) is 0. The van der Waals surface area contributed by atoms with E-state index in [2.05, 4.69) is 0 Å². The molecule has 5 heteroatoms. The molecule has 96 valence electrons. The van der Waals surface area contributed by atoms with Gasteiger partial charge in [0.25, 0.3) is 0 Å². The van der Waals surface area contributed by atoms with E-state index in [0.717, 1.165) is 16.9 Å². The molecule has 3 nitrogen and oxygen atoms in total. The first-order valence-electron chi connectivity index (χ1n) is 5.35. The van der Waals surface area contributed by atoms with E-state index >= 15 is 0 Å². The van der Waals surface area contributed by atoms with E-state index in [4.69, 9.17) is 11.6 Å². The molecule has 0 saturated heterocycles. The van der Waals surface area contributed by atoms with Crippen LogP contribution in [0, 0.1) is 0 Å². The van der Waals surface area contributed by atoms with Crippen LogP contribution >= 0.6 is 22.9 Å². The van der Waals surface area contributed by atoms with Crippen LogP contribution in [-0.4, -0.2) is 11.8 Å². The third-order valence-electron chi connectivity index (χ3n) is 2.35. The van der Waals surface area contributed by atoms with Gasteiger partial charge in [-0.15, -0.1) is 11.3 Å². The third-order valence-corrected chi connectivity index (χ3v) is 3.68. The standard InChI is InChI=1S/C14H9ClO3S/c15-10-4-1-9(2-5-10)3-6-11(16)12-7-8-13(19-12)14(17)18/h1-8H,(H,17,18)/p-1/b6-3+. The fourth-order valence-corrected chi connectivity index (χ4v) is 2.29. The first-order valence-corrected chi connectivity index (χ1v) is 6.55. The summed E-state index contributed by atoms with van der Waals surface area (Å²) in [4.78, 5) is 22.8. The van der Waals surface area contributed by atoms with E-state index in [1.165, 1.54) is 18.2 Å². The summed E-state index contributed by atoms with van der Waals surface area (Å²) in [5.74, 6) is -1.52. The van der Waals surface area contributed by atoms with E-state index in [1.54, 1.807) is 30.3 Å². The maximum Gasteiger partial charge on any atom is 0.195 e. The van der Waals surface area contributed by atoms with Gasteiger partial charge in [-0.2, -0.15) is 0 Å². The lowest BCUT2D eigenvalue weighted by Gasteiger charge is -1.94. The molecular weight excluding hydrogens is 284 g/mol. The summed E-state index contributed by atoms with van der Waals surface area (Å²) in [6, 6.07) is 9.87. The van der Waals surface area contributed by atoms with Gasteiger partial charge in [-0.25, -0.2) is 0 Å². The van der Waals surface area contributed by atoms with E-state index in [9.17, 15) is 14.7 Å². The second-order valence-electron chi connectivity index (χ2n) is 3.70. The number of hydrogen-bond acceptors (Lipinski definition) is 4. The Bertz CT molecular complexity index is 641. The molecular formula is C14H8ClO3S-. The van der Waals surface area contributed by atoms with Crippen molar-refractivity contribution < 1.29 is 14.7 Å². The Kier molecular flexibility index (Phi) is 4.14. The molecule has 0 fully saturated rings. The molecule has 19 heavy (non-hydrogen) atoms. The quantitative estimate of drug-likeness (QED) is 0.643. The number of ketones is 1. The zero-order valence-electron chi connectivity index (χ0n) is 9.63. The van der Waals surface area contributed by atoms with Gasteiger partial charge >= 0.3 is 0 Å². The molecule has 0 spiro atoms. The molecule has 0 aliphatic rings. The van der Waals surface area contributed by atoms with Crippen molar-refractivity contribution in [2.45, 2.75) is 0 Å². The number of carboxylic acid groups (broad SMARTS) is 1.